The molecular formula is C24H23N3O4. The van der Waals surface area contributed by atoms with E-state index in [9.17, 15) is 9.59 Å². The summed E-state index contributed by atoms with van der Waals surface area (Å²) in [6.07, 6.45) is 3.38. The summed E-state index contributed by atoms with van der Waals surface area (Å²) < 4.78 is 7.34. The number of fused-ring (bicyclic) bond motifs is 1. The number of carbonyl (C=O) groups is 2. The lowest BCUT2D eigenvalue weighted by Crippen LogP contribution is -2.34. The van der Waals surface area contributed by atoms with Gasteiger partial charge in [0.2, 0.25) is 0 Å². The molecule has 5 rings (SSSR count). The topological polar surface area (TPSA) is 84.7 Å². The standard InChI is InChI=1S/C24H23N3O4/c28-23(29)22-10-11-27(25-22)24(30)26-14-18-12-21(13-19(18)15-26)31-20-8-6-17(7-9-20)16-4-2-1-3-5-16/h1-11,18-19,21H,12-15H2,(H,28,29)/t18-,19+,21?. The Morgan fingerprint density at radius 3 is 2.16 bits per heavy atom. The van der Waals surface area contributed by atoms with Gasteiger partial charge >= 0.3 is 12.0 Å². The number of nitrogens with zero attached hydrogens (tertiary/aromatic N) is 3. The van der Waals surface area contributed by atoms with E-state index in [1.807, 2.05) is 30.3 Å². The zero-order chi connectivity index (χ0) is 21.4. The third-order valence-corrected chi connectivity index (χ3v) is 6.25. The number of carboxylic acids is 1. The highest BCUT2D eigenvalue weighted by molar-refractivity contribution is 5.86. The van der Waals surface area contributed by atoms with Crippen molar-refractivity contribution in [3.63, 3.8) is 0 Å². The van der Waals surface area contributed by atoms with Crippen LogP contribution in [0.5, 0.6) is 5.75 Å². The smallest absolute Gasteiger partial charge is 0.356 e. The van der Waals surface area contributed by atoms with Crippen molar-refractivity contribution in [3.05, 3.63) is 72.6 Å². The molecule has 2 heterocycles. The van der Waals surface area contributed by atoms with E-state index >= 15 is 0 Å². The number of carbonyl (C=O) groups excluding carboxylic acids is 1. The quantitative estimate of drug-likeness (QED) is 0.693. The second kappa shape index (κ2) is 7.91. The minimum atomic E-state index is -1.14. The van der Waals surface area contributed by atoms with Gasteiger partial charge in [-0.25, -0.2) is 9.59 Å². The highest BCUT2D eigenvalue weighted by Gasteiger charge is 2.43. The van der Waals surface area contributed by atoms with Crippen LogP contribution in [0.25, 0.3) is 11.1 Å². The van der Waals surface area contributed by atoms with Crippen molar-refractivity contribution < 1.29 is 19.4 Å². The number of amides is 1. The van der Waals surface area contributed by atoms with Crippen LogP contribution in [-0.4, -0.2) is 51.0 Å². The number of benzene rings is 2. The maximum atomic E-state index is 12.6. The number of carboxylic acid groups (broad SMARTS) is 1. The first-order chi connectivity index (χ1) is 15.1. The van der Waals surface area contributed by atoms with Crippen LogP contribution in [-0.2, 0) is 0 Å². The Hall–Kier alpha value is -3.61. The van der Waals surface area contributed by atoms with Gasteiger partial charge in [0.05, 0.1) is 6.10 Å². The Balaban J connectivity index is 1.17. The van der Waals surface area contributed by atoms with Crippen molar-refractivity contribution in [2.24, 2.45) is 11.8 Å². The third kappa shape index (κ3) is 3.91. The van der Waals surface area contributed by atoms with E-state index in [1.165, 1.54) is 17.8 Å². The van der Waals surface area contributed by atoms with Gasteiger partial charge in [-0.15, -0.1) is 0 Å². The molecule has 2 aromatic carbocycles. The van der Waals surface area contributed by atoms with Crippen LogP contribution in [0, 0.1) is 11.8 Å². The molecule has 1 aromatic heterocycles. The fourth-order valence-electron chi connectivity index (χ4n) is 4.74. The highest BCUT2D eigenvalue weighted by Crippen LogP contribution is 2.40. The molecule has 158 valence electrons. The van der Waals surface area contributed by atoms with Gasteiger partial charge in [0.15, 0.2) is 5.69 Å². The molecule has 1 unspecified atom stereocenters. The number of aromatic nitrogens is 2. The molecule has 0 radical (unpaired) electrons. The summed E-state index contributed by atoms with van der Waals surface area (Å²) >= 11 is 0. The summed E-state index contributed by atoms with van der Waals surface area (Å²) in [5.74, 6) is 0.524. The van der Waals surface area contributed by atoms with Crippen LogP contribution in [0.4, 0.5) is 4.79 Å². The Morgan fingerprint density at radius 2 is 1.55 bits per heavy atom. The van der Waals surface area contributed by atoms with Gasteiger partial charge in [-0.2, -0.15) is 9.78 Å². The van der Waals surface area contributed by atoms with Gasteiger partial charge in [0, 0.05) is 19.3 Å². The van der Waals surface area contributed by atoms with E-state index in [2.05, 4.69) is 29.4 Å². The summed E-state index contributed by atoms with van der Waals surface area (Å²) in [4.78, 5) is 25.4. The maximum absolute atomic E-state index is 12.6. The Morgan fingerprint density at radius 1 is 0.903 bits per heavy atom. The molecule has 1 N–H and O–H groups in total. The van der Waals surface area contributed by atoms with Crippen molar-refractivity contribution in [1.82, 2.24) is 14.7 Å². The Labute approximate surface area is 179 Å². The lowest BCUT2D eigenvalue weighted by molar-refractivity contribution is 0.0690. The lowest BCUT2D eigenvalue weighted by atomic mass is 10.0. The molecule has 1 aliphatic carbocycles. The molecule has 3 atom stereocenters. The van der Waals surface area contributed by atoms with Crippen LogP contribution < -0.4 is 4.74 Å². The van der Waals surface area contributed by atoms with Gasteiger partial charge < -0.3 is 14.7 Å². The predicted octanol–water partition coefficient (Wildman–Crippen LogP) is 4.01. The summed E-state index contributed by atoms with van der Waals surface area (Å²) in [5.41, 5.74) is 2.22. The average molecular weight is 417 g/mol. The van der Waals surface area contributed by atoms with Gasteiger partial charge in [-0.3, -0.25) is 0 Å². The van der Waals surface area contributed by atoms with Gasteiger partial charge in [-0.1, -0.05) is 42.5 Å². The number of hydrogen-bond acceptors (Lipinski definition) is 4. The van der Waals surface area contributed by atoms with Crippen molar-refractivity contribution in [2.45, 2.75) is 18.9 Å². The third-order valence-electron chi connectivity index (χ3n) is 6.25. The van der Waals surface area contributed by atoms with Crippen LogP contribution in [0.3, 0.4) is 0 Å². The summed E-state index contributed by atoms with van der Waals surface area (Å²) in [5, 5.41) is 12.8. The molecule has 1 saturated carbocycles. The number of aromatic carboxylic acids is 1. The SMILES string of the molecule is O=C(O)c1ccn(C(=O)N2C[C@H]3CC(Oc4ccc(-c5ccccc5)cc4)C[C@H]3C2)n1. The first kappa shape index (κ1) is 19.4. The Kier molecular flexibility index (Phi) is 4.94. The van der Waals surface area contributed by atoms with E-state index in [-0.39, 0.29) is 17.8 Å². The van der Waals surface area contributed by atoms with Crippen molar-refractivity contribution in [2.75, 3.05) is 13.1 Å². The second-order valence-electron chi connectivity index (χ2n) is 8.26. The largest absolute Gasteiger partial charge is 0.490 e. The number of likely N-dealkylation sites (tertiary alicyclic amines) is 1. The molecule has 7 nitrogen and oxygen atoms in total. The second-order valence-corrected chi connectivity index (χ2v) is 8.26. The van der Waals surface area contributed by atoms with E-state index in [4.69, 9.17) is 9.84 Å². The number of ether oxygens (including phenoxy) is 1. The van der Waals surface area contributed by atoms with Crippen LogP contribution in [0.1, 0.15) is 23.3 Å². The van der Waals surface area contributed by atoms with Gasteiger partial charge in [0.25, 0.3) is 0 Å². The van der Waals surface area contributed by atoms with E-state index in [0.29, 0.717) is 24.9 Å². The van der Waals surface area contributed by atoms with Crippen LogP contribution >= 0.6 is 0 Å². The van der Waals surface area contributed by atoms with Gasteiger partial charge in [0.1, 0.15) is 5.75 Å². The molecule has 0 spiro atoms. The van der Waals surface area contributed by atoms with E-state index < -0.39 is 5.97 Å². The monoisotopic (exact) mass is 417 g/mol. The molecule has 2 fully saturated rings. The highest BCUT2D eigenvalue weighted by atomic mass is 16.5. The molecule has 1 saturated heterocycles. The fraction of sp³-hybridized carbons (Fsp3) is 0.292. The fourth-order valence-corrected chi connectivity index (χ4v) is 4.74. The molecule has 0 bridgehead atoms. The first-order valence-electron chi connectivity index (χ1n) is 10.5. The minimum Gasteiger partial charge on any atom is -0.490 e. The van der Waals surface area contributed by atoms with Crippen LogP contribution in [0.2, 0.25) is 0 Å². The molecule has 2 aliphatic rings. The maximum Gasteiger partial charge on any atom is 0.356 e. The summed E-state index contributed by atoms with van der Waals surface area (Å²) in [7, 11) is 0. The molecular weight excluding hydrogens is 394 g/mol. The molecule has 3 aromatic rings. The molecule has 1 amide bonds. The number of hydrogen-bond donors (Lipinski definition) is 1. The minimum absolute atomic E-state index is 0.125. The zero-order valence-electron chi connectivity index (χ0n) is 16.9. The molecule has 1 aliphatic heterocycles. The summed E-state index contributed by atoms with van der Waals surface area (Å²) in [6, 6.07) is 19.5. The van der Waals surface area contributed by atoms with Gasteiger partial charge in [-0.05, 0) is 54.0 Å². The zero-order valence-corrected chi connectivity index (χ0v) is 16.9. The average Bonchev–Trinajstić information content (AvgIpc) is 3.50. The molecule has 31 heavy (non-hydrogen) atoms. The lowest BCUT2D eigenvalue weighted by Gasteiger charge is -2.20. The molecule has 7 heteroatoms. The normalized spacial score (nSPS) is 22.3. The Bertz CT molecular complexity index is 1080. The first-order valence-corrected chi connectivity index (χ1v) is 10.5. The van der Waals surface area contributed by atoms with Crippen molar-refractivity contribution in [3.8, 4) is 16.9 Å². The number of rotatable bonds is 4. The van der Waals surface area contributed by atoms with Crippen LogP contribution in [0.15, 0.2) is 66.9 Å². The van der Waals surface area contributed by atoms with E-state index in [1.54, 1.807) is 4.90 Å². The van der Waals surface area contributed by atoms with E-state index in [0.717, 1.165) is 28.8 Å². The predicted molar refractivity (Wildman–Crippen MR) is 114 cm³/mol. The van der Waals surface area contributed by atoms with Crippen molar-refractivity contribution >= 4 is 12.0 Å². The van der Waals surface area contributed by atoms with Crippen molar-refractivity contribution in [1.29, 1.82) is 0 Å². The summed E-state index contributed by atoms with van der Waals surface area (Å²) in [6.45, 7) is 1.30.